The van der Waals surface area contributed by atoms with E-state index in [0.717, 1.165) is 6.07 Å². The molecule has 14 heavy (non-hydrogen) atoms. The average molecular weight is 263 g/mol. The van der Waals surface area contributed by atoms with Gasteiger partial charge < -0.3 is 10.2 Å². The fourth-order valence-corrected chi connectivity index (χ4v) is 1.05. The first kappa shape index (κ1) is 18.4. The molecule has 6 heteroatoms. The van der Waals surface area contributed by atoms with Gasteiger partial charge in [0.25, 0.3) is 0 Å². The molecule has 0 atom stereocenters. The Morgan fingerprint density at radius 3 is 2.21 bits per heavy atom. The summed E-state index contributed by atoms with van der Waals surface area (Å²) in [5.41, 5.74) is 0.212. The van der Waals surface area contributed by atoms with E-state index in [2.05, 4.69) is 0 Å². The van der Waals surface area contributed by atoms with Gasteiger partial charge in [0.15, 0.2) is 0 Å². The molecule has 0 fully saturated rings. The molecule has 1 aromatic carbocycles. The van der Waals surface area contributed by atoms with Gasteiger partial charge in [0.2, 0.25) is 0 Å². The monoisotopic (exact) mass is 262 g/mol. The Morgan fingerprint density at radius 2 is 1.79 bits per heavy atom. The van der Waals surface area contributed by atoms with Crippen LogP contribution in [0.5, 0.6) is 11.5 Å². The Labute approximate surface area is 172 Å². The fraction of sp³-hybridized carbons (Fsp3) is 0.125. The molecule has 0 spiro atoms. The SMILES string of the molecule is Cc1c(Cl)c([O-])cc([O-])c1C=O.[K+].[K+]. The van der Waals surface area contributed by atoms with Crippen LogP contribution in [0.3, 0.4) is 0 Å². The number of carbonyl (C=O) groups is 1. The van der Waals surface area contributed by atoms with Crippen molar-refractivity contribution in [2.75, 3.05) is 0 Å². The quantitative estimate of drug-likeness (QED) is 0.375. The molecule has 1 rings (SSSR count). The third-order valence-electron chi connectivity index (χ3n) is 1.60. The van der Waals surface area contributed by atoms with Gasteiger partial charge in [-0.1, -0.05) is 29.2 Å². The van der Waals surface area contributed by atoms with Crippen LogP contribution in [0.25, 0.3) is 0 Å². The zero-order valence-corrected chi connectivity index (χ0v) is 15.3. The van der Waals surface area contributed by atoms with Crippen molar-refractivity contribution in [3.63, 3.8) is 0 Å². The molecule has 0 N–H and O–H groups in total. The van der Waals surface area contributed by atoms with Crippen LogP contribution >= 0.6 is 11.6 Å². The summed E-state index contributed by atoms with van der Waals surface area (Å²) in [6, 6.07) is 0.819. The minimum atomic E-state index is -0.572. The fourth-order valence-electron chi connectivity index (χ4n) is 0.894. The van der Waals surface area contributed by atoms with E-state index >= 15 is 0 Å². The summed E-state index contributed by atoms with van der Waals surface area (Å²) in [7, 11) is 0. The molecular formula is C8H5ClK2O3. The maximum absolute atomic E-state index is 11.0. The largest absolute Gasteiger partial charge is 1.00 e. The van der Waals surface area contributed by atoms with Crippen molar-refractivity contribution in [2.45, 2.75) is 6.92 Å². The van der Waals surface area contributed by atoms with E-state index in [4.69, 9.17) is 11.6 Å². The van der Waals surface area contributed by atoms with Crippen LogP contribution in [-0.2, 0) is 0 Å². The van der Waals surface area contributed by atoms with E-state index in [-0.39, 0.29) is 119 Å². The predicted molar refractivity (Wildman–Crippen MR) is 40.5 cm³/mol. The maximum atomic E-state index is 11.0. The molecule has 0 unspecified atom stereocenters. The topological polar surface area (TPSA) is 63.2 Å². The Hall–Kier alpha value is 2.05. The number of hydrogen-bond acceptors (Lipinski definition) is 3. The zero-order valence-electron chi connectivity index (χ0n) is 8.26. The Balaban J connectivity index is 0. The summed E-state index contributed by atoms with van der Waals surface area (Å²) in [6.45, 7) is 1.47. The predicted octanol–water partition coefficient (Wildman–Crippen LogP) is -5.38. The number of halogens is 1. The van der Waals surface area contributed by atoms with Gasteiger partial charge in [-0.25, -0.2) is 0 Å². The molecule has 0 aliphatic rings. The Kier molecular flexibility index (Phi) is 10.8. The smallest absolute Gasteiger partial charge is 0.872 e. The standard InChI is InChI=1S/C8H7ClO3.2K/c1-4-5(3-10)6(11)2-7(12)8(4)9;;/h2-3,11-12H,1H3;;/q;2*+1/p-2. The van der Waals surface area contributed by atoms with E-state index in [0.29, 0.717) is 6.29 Å². The van der Waals surface area contributed by atoms with Crippen molar-refractivity contribution in [2.24, 2.45) is 0 Å². The van der Waals surface area contributed by atoms with Gasteiger partial charge in [-0.15, -0.1) is 0 Å². The van der Waals surface area contributed by atoms with Gasteiger partial charge in [-0.3, -0.25) is 4.79 Å². The molecule has 0 heterocycles. The van der Waals surface area contributed by atoms with Crippen LogP contribution in [0.2, 0.25) is 5.02 Å². The second-order valence-corrected chi connectivity index (χ2v) is 2.72. The number of hydrogen-bond donors (Lipinski definition) is 0. The van der Waals surface area contributed by atoms with Gasteiger partial charge in [0, 0.05) is 10.6 Å². The second kappa shape index (κ2) is 8.19. The number of aldehydes is 1. The molecular weight excluding hydrogens is 258 g/mol. The van der Waals surface area contributed by atoms with E-state index in [1.54, 1.807) is 0 Å². The van der Waals surface area contributed by atoms with E-state index in [1.807, 2.05) is 0 Å². The van der Waals surface area contributed by atoms with E-state index in [9.17, 15) is 15.0 Å². The third kappa shape index (κ3) is 4.14. The summed E-state index contributed by atoms with van der Waals surface area (Å²) < 4.78 is 0. The maximum Gasteiger partial charge on any atom is 1.00 e. The van der Waals surface area contributed by atoms with Crippen molar-refractivity contribution in [3.05, 3.63) is 22.2 Å². The molecule has 0 saturated carbocycles. The Bertz CT molecular complexity index is 342. The van der Waals surface area contributed by atoms with Gasteiger partial charge in [0.05, 0.1) is 0 Å². The molecule has 0 amide bonds. The van der Waals surface area contributed by atoms with Gasteiger partial charge in [-0.05, 0) is 12.5 Å². The Morgan fingerprint density at radius 1 is 1.29 bits per heavy atom. The van der Waals surface area contributed by atoms with Crippen molar-refractivity contribution < 1.29 is 118 Å². The van der Waals surface area contributed by atoms with Gasteiger partial charge in [0.1, 0.15) is 6.29 Å². The van der Waals surface area contributed by atoms with Crippen LogP contribution in [0.1, 0.15) is 15.9 Å². The minimum absolute atomic E-state index is 0. The normalized spacial score (nSPS) is 8.43. The van der Waals surface area contributed by atoms with E-state index in [1.165, 1.54) is 6.92 Å². The van der Waals surface area contributed by atoms with Crippen LogP contribution in [0.4, 0.5) is 0 Å². The molecule has 0 aliphatic heterocycles. The first-order valence-electron chi connectivity index (χ1n) is 3.20. The summed E-state index contributed by atoms with van der Waals surface area (Å²) in [4.78, 5) is 10.4. The van der Waals surface area contributed by atoms with Crippen molar-refractivity contribution in [1.82, 2.24) is 0 Å². The van der Waals surface area contributed by atoms with Crippen LogP contribution in [0, 0.1) is 6.92 Å². The van der Waals surface area contributed by atoms with E-state index < -0.39 is 11.5 Å². The van der Waals surface area contributed by atoms with Crippen molar-refractivity contribution >= 4 is 17.9 Å². The first-order valence-corrected chi connectivity index (χ1v) is 3.58. The summed E-state index contributed by atoms with van der Waals surface area (Å²) in [5, 5.41) is 21.8. The third-order valence-corrected chi connectivity index (χ3v) is 2.06. The number of carbonyl (C=O) groups excluding carboxylic acids is 1. The molecule has 0 saturated heterocycles. The average Bonchev–Trinajstić information content (AvgIpc) is 2.01. The zero-order chi connectivity index (χ0) is 9.30. The summed E-state index contributed by atoms with van der Waals surface area (Å²) in [6.07, 6.45) is 0.406. The van der Waals surface area contributed by atoms with Crippen LogP contribution in [-0.4, -0.2) is 6.29 Å². The minimum Gasteiger partial charge on any atom is -0.872 e. The van der Waals surface area contributed by atoms with Crippen LogP contribution < -0.4 is 113 Å². The second-order valence-electron chi connectivity index (χ2n) is 2.34. The summed E-state index contributed by atoms with van der Waals surface area (Å²) >= 11 is 5.52. The molecule has 0 aliphatic carbocycles. The molecule has 0 bridgehead atoms. The van der Waals surface area contributed by atoms with Gasteiger partial charge in [-0.2, -0.15) is 0 Å². The molecule has 64 valence electrons. The van der Waals surface area contributed by atoms with Gasteiger partial charge >= 0.3 is 103 Å². The van der Waals surface area contributed by atoms with Crippen molar-refractivity contribution in [3.8, 4) is 11.5 Å². The van der Waals surface area contributed by atoms with Crippen molar-refractivity contribution in [1.29, 1.82) is 0 Å². The first-order chi connectivity index (χ1) is 5.57. The number of benzene rings is 1. The molecule has 1 aromatic rings. The van der Waals surface area contributed by atoms with Crippen LogP contribution in [0.15, 0.2) is 6.07 Å². The molecule has 0 aromatic heterocycles. The summed E-state index contributed by atoms with van der Waals surface area (Å²) in [5.74, 6) is -1.11. The number of rotatable bonds is 1. The molecule has 3 nitrogen and oxygen atoms in total. The molecule has 0 radical (unpaired) electrons.